The molecule has 0 atom stereocenters. The highest BCUT2D eigenvalue weighted by atomic mass is 19.1. The van der Waals surface area contributed by atoms with E-state index in [1.807, 2.05) is 0 Å². The van der Waals surface area contributed by atoms with Crippen molar-refractivity contribution in [3.63, 3.8) is 0 Å². The number of halogens is 2. The van der Waals surface area contributed by atoms with E-state index < -0.39 is 11.7 Å². The highest BCUT2D eigenvalue weighted by Crippen LogP contribution is 2.18. The van der Waals surface area contributed by atoms with Gasteiger partial charge in [-0.1, -0.05) is 24.3 Å². The number of para-hydroxylation sites is 1. The molecule has 29 heavy (non-hydrogen) atoms. The molecule has 0 aliphatic carbocycles. The topological polar surface area (TPSA) is 74.5 Å². The molecule has 0 unspecified atom stereocenters. The third kappa shape index (κ3) is 5.23. The Labute approximate surface area is 165 Å². The fourth-order valence-corrected chi connectivity index (χ4v) is 2.50. The fraction of sp³-hybridized carbons (Fsp3) is 0.0455. The van der Waals surface area contributed by atoms with Crippen molar-refractivity contribution in [1.82, 2.24) is 5.43 Å². The number of carbonyl (C=O) groups excluding carboxylic acids is 1. The number of hydrogen-bond donors (Lipinski definition) is 1. The van der Waals surface area contributed by atoms with Gasteiger partial charge in [-0.2, -0.15) is 10.4 Å². The maximum absolute atomic E-state index is 13.9. The summed E-state index contributed by atoms with van der Waals surface area (Å²) in [5, 5.41) is 12.6. The van der Waals surface area contributed by atoms with Gasteiger partial charge in [0, 0.05) is 5.56 Å². The van der Waals surface area contributed by atoms with Crippen molar-refractivity contribution in [3.8, 4) is 11.8 Å². The van der Waals surface area contributed by atoms with Crippen molar-refractivity contribution in [2.24, 2.45) is 5.10 Å². The molecule has 3 rings (SSSR count). The lowest BCUT2D eigenvalue weighted by molar-refractivity contribution is 0.0951. The van der Waals surface area contributed by atoms with Crippen molar-refractivity contribution in [2.45, 2.75) is 6.61 Å². The zero-order chi connectivity index (χ0) is 20.6. The summed E-state index contributed by atoms with van der Waals surface area (Å²) in [5.74, 6) is -1.42. The minimum atomic E-state index is -0.810. The van der Waals surface area contributed by atoms with Crippen molar-refractivity contribution in [3.05, 3.63) is 101 Å². The minimum absolute atomic E-state index is 0.118. The molecule has 0 aromatic heterocycles. The van der Waals surface area contributed by atoms with E-state index in [0.29, 0.717) is 16.9 Å². The fourth-order valence-electron chi connectivity index (χ4n) is 2.50. The van der Waals surface area contributed by atoms with Crippen LogP contribution in [0.2, 0.25) is 0 Å². The summed E-state index contributed by atoms with van der Waals surface area (Å²) in [6, 6.07) is 18.4. The lowest BCUT2D eigenvalue weighted by Crippen LogP contribution is -2.19. The Hall–Kier alpha value is -4.05. The summed E-state index contributed by atoms with van der Waals surface area (Å²) < 4.78 is 32.9. The molecule has 0 spiro atoms. The molecular weight excluding hydrogens is 376 g/mol. The number of rotatable bonds is 6. The predicted octanol–water partition coefficient (Wildman–Crippen LogP) is 4.18. The van der Waals surface area contributed by atoms with Crippen molar-refractivity contribution in [2.75, 3.05) is 0 Å². The number of carbonyl (C=O) groups is 1. The number of hydrogen-bond acceptors (Lipinski definition) is 4. The molecule has 1 N–H and O–H groups in total. The van der Waals surface area contributed by atoms with Gasteiger partial charge in [-0.05, 0) is 48.0 Å². The standard InChI is InChI=1S/C22H15F2N3O2/c23-18-6-3-4-16(10-18)14-29-21-7-2-1-5-17(21)13-26-27-22(28)19-9-8-15(12-25)11-20(19)24/h1-11,13H,14H2,(H,27,28)/b26-13-. The van der Waals surface area contributed by atoms with Gasteiger partial charge >= 0.3 is 0 Å². The maximum atomic E-state index is 13.9. The molecule has 0 fully saturated rings. The van der Waals surface area contributed by atoms with Crippen molar-refractivity contribution >= 4 is 12.1 Å². The van der Waals surface area contributed by atoms with Gasteiger partial charge in [0.05, 0.1) is 23.4 Å². The van der Waals surface area contributed by atoms with Crippen LogP contribution in [0.5, 0.6) is 5.75 Å². The van der Waals surface area contributed by atoms with E-state index in [1.165, 1.54) is 30.5 Å². The largest absolute Gasteiger partial charge is 0.488 e. The minimum Gasteiger partial charge on any atom is -0.488 e. The van der Waals surface area contributed by atoms with Gasteiger partial charge in [0.1, 0.15) is 24.0 Å². The molecule has 7 heteroatoms. The normalized spacial score (nSPS) is 10.5. The Bertz CT molecular complexity index is 1110. The van der Waals surface area contributed by atoms with Crippen LogP contribution in [0.4, 0.5) is 8.78 Å². The molecule has 144 valence electrons. The molecule has 3 aromatic carbocycles. The molecule has 5 nitrogen and oxygen atoms in total. The lowest BCUT2D eigenvalue weighted by atomic mass is 10.1. The highest BCUT2D eigenvalue weighted by Gasteiger charge is 2.11. The molecule has 0 aliphatic heterocycles. The highest BCUT2D eigenvalue weighted by molar-refractivity contribution is 5.95. The van der Waals surface area contributed by atoms with Crippen LogP contribution in [0, 0.1) is 23.0 Å². The Morgan fingerprint density at radius 2 is 1.93 bits per heavy atom. The van der Waals surface area contributed by atoms with E-state index in [9.17, 15) is 13.6 Å². The first kappa shape index (κ1) is 19.7. The molecule has 0 heterocycles. The lowest BCUT2D eigenvalue weighted by Gasteiger charge is -2.09. The van der Waals surface area contributed by atoms with E-state index in [0.717, 1.165) is 6.07 Å². The van der Waals surface area contributed by atoms with Crippen LogP contribution in [0.25, 0.3) is 0 Å². The van der Waals surface area contributed by atoms with E-state index in [1.54, 1.807) is 42.5 Å². The zero-order valence-corrected chi connectivity index (χ0v) is 15.1. The van der Waals surface area contributed by atoms with Gasteiger partial charge in [0.2, 0.25) is 0 Å². The van der Waals surface area contributed by atoms with Crippen LogP contribution in [0.15, 0.2) is 71.8 Å². The summed E-state index contributed by atoms with van der Waals surface area (Å²) in [5.41, 5.74) is 3.37. The van der Waals surface area contributed by atoms with E-state index in [4.69, 9.17) is 10.00 Å². The molecule has 0 saturated heterocycles. The van der Waals surface area contributed by atoms with Gasteiger partial charge in [-0.15, -0.1) is 0 Å². The maximum Gasteiger partial charge on any atom is 0.274 e. The van der Waals surface area contributed by atoms with Crippen LogP contribution in [-0.2, 0) is 6.61 Å². The van der Waals surface area contributed by atoms with Gasteiger partial charge in [-0.25, -0.2) is 14.2 Å². The Balaban J connectivity index is 1.66. The summed E-state index contributed by atoms with van der Waals surface area (Å²) >= 11 is 0. The first-order chi connectivity index (χ1) is 14.1. The average molecular weight is 391 g/mol. The van der Waals surface area contributed by atoms with E-state index in [-0.39, 0.29) is 23.6 Å². The molecule has 0 aliphatic rings. The molecule has 0 saturated carbocycles. The third-order valence-electron chi connectivity index (χ3n) is 3.91. The average Bonchev–Trinajstić information content (AvgIpc) is 2.73. The quantitative estimate of drug-likeness (QED) is 0.506. The summed E-state index contributed by atoms with van der Waals surface area (Å²) in [4.78, 5) is 12.1. The first-order valence-electron chi connectivity index (χ1n) is 8.56. The Morgan fingerprint density at radius 3 is 2.69 bits per heavy atom. The number of hydrazone groups is 1. The van der Waals surface area contributed by atoms with E-state index in [2.05, 4.69) is 10.5 Å². The second kappa shape index (κ2) is 9.24. The summed E-state index contributed by atoms with van der Waals surface area (Å²) in [7, 11) is 0. The third-order valence-corrected chi connectivity index (χ3v) is 3.91. The zero-order valence-electron chi connectivity index (χ0n) is 15.1. The SMILES string of the molecule is N#Cc1ccc(C(=O)N/N=C\c2ccccc2OCc2cccc(F)c2)c(F)c1. The number of nitrogens with one attached hydrogen (secondary N) is 1. The number of benzene rings is 3. The molecule has 3 aromatic rings. The Morgan fingerprint density at radius 1 is 1.10 bits per heavy atom. The smallest absolute Gasteiger partial charge is 0.274 e. The number of amides is 1. The second-order valence-corrected chi connectivity index (χ2v) is 5.96. The summed E-state index contributed by atoms with van der Waals surface area (Å²) in [6.07, 6.45) is 1.36. The summed E-state index contributed by atoms with van der Waals surface area (Å²) in [6.45, 7) is 0.158. The Kier molecular flexibility index (Phi) is 6.28. The predicted molar refractivity (Wildman–Crippen MR) is 103 cm³/mol. The van der Waals surface area contributed by atoms with Crippen LogP contribution < -0.4 is 10.2 Å². The van der Waals surface area contributed by atoms with E-state index >= 15 is 0 Å². The van der Waals surface area contributed by atoms with Crippen molar-refractivity contribution in [1.29, 1.82) is 5.26 Å². The number of nitriles is 1. The second-order valence-electron chi connectivity index (χ2n) is 5.96. The van der Waals surface area contributed by atoms with Gasteiger partial charge in [0.25, 0.3) is 5.91 Å². The van der Waals surface area contributed by atoms with Gasteiger partial charge in [-0.3, -0.25) is 4.79 Å². The van der Waals surface area contributed by atoms with Gasteiger partial charge in [0.15, 0.2) is 0 Å². The number of ether oxygens (including phenoxy) is 1. The van der Waals surface area contributed by atoms with Crippen LogP contribution in [0.3, 0.4) is 0 Å². The monoisotopic (exact) mass is 391 g/mol. The van der Waals surface area contributed by atoms with Crippen LogP contribution in [0.1, 0.15) is 27.0 Å². The number of nitrogens with zero attached hydrogens (tertiary/aromatic N) is 2. The van der Waals surface area contributed by atoms with Crippen LogP contribution in [-0.4, -0.2) is 12.1 Å². The van der Waals surface area contributed by atoms with Crippen LogP contribution >= 0.6 is 0 Å². The molecule has 1 amide bonds. The van der Waals surface area contributed by atoms with Gasteiger partial charge < -0.3 is 4.74 Å². The molecule has 0 radical (unpaired) electrons. The first-order valence-corrected chi connectivity index (χ1v) is 8.56. The molecular formula is C22H15F2N3O2. The van der Waals surface area contributed by atoms with Crippen molar-refractivity contribution < 1.29 is 18.3 Å². The molecule has 0 bridgehead atoms.